The van der Waals surface area contributed by atoms with Crippen LogP contribution in [0.5, 0.6) is 5.75 Å². The third-order valence-corrected chi connectivity index (χ3v) is 6.80. The fourth-order valence-corrected chi connectivity index (χ4v) is 5.03. The second-order valence-electron chi connectivity index (χ2n) is 9.45. The van der Waals surface area contributed by atoms with Gasteiger partial charge in [-0.25, -0.2) is 0 Å². The molecule has 0 spiro atoms. The smallest absolute Gasteiger partial charge is 0.228 e. The number of aryl methyl sites for hydroxylation is 2. The fraction of sp³-hybridized carbons (Fsp3) is 0.481. The summed E-state index contributed by atoms with van der Waals surface area (Å²) in [5.41, 5.74) is 4.57. The first-order chi connectivity index (χ1) is 16.5. The highest BCUT2D eigenvalue weighted by atomic mass is 16.5. The average molecular weight is 466 g/mol. The van der Waals surface area contributed by atoms with Gasteiger partial charge in [-0.2, -0.15) is 0 Å². The van der Waals surface area contributed by atoms with Crippen LogP contribution in [0, 0.1) is 11.8 Å². The lowest BCUT2D eigenvalue weighted by molar-refractivity contribution is -0.130. The Labute approximate surface area is 201 Å². The van der Waals surface area contributed by atoms with Crippen molar-refractivity contribution in [2.45, 2.75) is 38.6 Å². The molecule has 1 saturated heterocycles. The molecule has 2 aromatic carbocycles. The molecular weight excluding hydrogens is 430 g/mol. The summed E-state index contributed by atoms with van der Waals surface area (Å²) in [4.78, 5) is 28.3. The third-order valence-electron chi connectivity index (χ3n) is 6.80. The number of methoxy groups -OCH3 is 1. The van der Waals surface area contributed by atoms with Crippen molar-refractivity contribution in [3.05, 3.63) is 59.2 Å². The average Bonchev–Trinajstić information content (AvgIpc) is 3.31. The van der Waals surface area contributed by atoms with Crippen molar-refractivity contribution in [3.8, 4) is 5.75 Å². The molecule has 4 rings (SSSR count). The lowest BCUT2D eigenvalue weighted by atomic mass is 9.87. The van der Waals surface area contributed by atoms with Gasteiger partial charge in [0.1, 0.15) is 5.75 Å². The van der Waals surface area contributed by atoms with Crippen LogP contribution in [0.15, 0.2) is 42.5 Å². The molecule has 182 valence electrons. The van der Waals surface area contributed by atoms with Crippen molar-refractivity contribution in [1.82, 2.24) is 10.2 Å². The van der Waals surface area contributed by atoms with E-state index >= 15 is 0 Å². The highest BCUT2D eigenvalue weighted by Gasteiger charge is 2.35. The number of ether oxygens (including phenoxy) is 1. The predicted molar refractivity (Wildman–Crippen MR) is 132 cm³/mol. The minimum Gasteiger partial charge on any atom is -0.508 e. The number of rotatable bonds is 9. The number of hydrogen-bond acceptors (Lipinski definition) is 5. The predicted octanol–water partition coefficient (Wildman–Crippen LogP) is 3.11. The summed E-state index contributed by atoms with van der Waals surface area (Å²) < 4.78 is 5.06. The number of carbonyl (C=O) groups excluding carboxylic acids is 2. The molecule has 1 heterocycles. The van der Waals surface area contributed by atoms with Gasteiger partial charge in [-0.3, -0.25) is 14.5 Å². The number of piperidine rings is 1. The van der Waals surface area contributed by atoms with Gasteiger partial charge >= 0.3 is 0 Å². The van der Waals surface area contributed by atoms with Gasteiger partial charge in [0.15, 0.2) is 0 Å². The number of anilines is 1. The molecule has 0 bridgehead atoms. The van der Waals surface area contributed by atoms with Crippen LogP contribution >= 0.6 is 0 Å². The normalized spacial score (nSPS) is 20.0. The van der Waals surface area contributed by atoms with E-state index in [1.807, 2.05) is 18.2 Å². The Bertz CT molecular complexity index is 992. The largest absolute Gasteiger partial charge is 0.508 e. The molecule has 7 nitrogen and oxygen atoms in total. The first kappa shape index (κ1) is 24.2. The summed E-state index contributed by atoms with van der Waals surface area (Å²) in [7, 11) is 1.65. The summed E-state index contributed by atoms with van der Waals surface area (Å²) in [5.74, 6) is -0.368. The molecule has 1 fully saturated rings. The maximum absolute atomic E-state index is 13.3. The number of fused-ring (bicyclic) bond motifs is 1. The van der Waals surface area contributed by atoms with Gasteiger partial charge in [0.25, 0.3) is 0 Å². The number of aromatic hydroxyl groups is 1. The Morgan fingerprint density at radius 3 is 2.53 bits per heavy atom. The first-order valence-electron chi connectivity index (χ1n) is 12.2. The molecule has 2 amide bonds. The van der Waals surface area contributed by atoms with Crippen LogP contribution in [0.2, 0.25) is 0 Å². The molecular formula is C27H35N3O4. The Morgan fingerprint density at radius 2 is 1.76 bits per heavy atom. The minimum absolute atomic E-state index is 0.0122. The fourth-order valence-electron chi connectivity index (χ4n) is 5.03. The van der Waals surface area contributed by atoms with Crippen molar-refractivity contribution < 1.29 is 19.4 Å². The van der Waals surface area contributed by atoms with E-state index in [0.717, 1.165) is 30.5 Å². The van der Waals surface area contributed by atoms with Crippen molar-refractivity contribution in [2.24, 2.45) is 11.8 Å². The number of phenols is 1. The Balaban J connectivity index is 1.43. The lowest BCUT2D eigenvalue weighted by Gasteiger charge is -2.36. The van der Waals surface area contributed by atoms with E-state index in [2.05, 4.69) is 27.7 Å². The molecule has 2 aromatic rings. The van der Waals surface area contributed by atoms with Gasteiger partial charge in [-0.1, -0.05) is 18.2 Å². The number of amides is 2. The topological polar surface area (TPSA) is 90.9 Å². The van der Waals surface area contributed by atoms with E-state index in [1.165, 1.54) is 17.5 Å². The van der Waals surface area contributed by atoms with Crippen LogP contribution in [0.4, 0.5) is 5.69 Å². The van der Waals surface area contributed by atoms with Crippen LogP contribution < -0.4 is 10.6 Å². The number of likely N-dealkylation sites (tertiary alicyclic amines) is 1. The van der Waals surface area contributed by atoms with Crippen LogP contribution in [0.25, 0.3) is 0 Å². The number of nitrogens with zero attached hydrogens (tertiary/aromatic N) is 1. The summed E-state index contributed by atoms with van der Waals surface area (Å²) in [6.45, 7) is 2.97. The van der Waals surface area contributed by atoms with E-state index < -0.39 is 0 Å². The minimum atomic E-state index is -0.283. The zero-order valence-electron chi connectivity index (χ0n) is 19.9. The maximum atomic E-state index is 13.3. The molecule has 7 heteroatoms. The second kappa shape index (κ2) is 11.5. The molecule has 2 aliphatic rings. The van der Waals surface area contributed by atoms with Crippen molar-refractivity contribution in [3.63, 3.8) is 0 Å². The molecule has 34 heavy (non-hydrogen) atoms. The monoisotopic (exact) mass is 465 g/mol. The highest BCUT2D eigenvalue weighted by Crippen LogP contribution is 2.28. The molecule has 3 N–H and O–H groups in total. The standard InChI is InChI=1S/C27H35N3O4/c1-34-13-3-12-28-26(32)22-14-23(18-30(17-22)16-19-6-10-25(31)11-7-19)27(33)29-24-9-8-20-4-2-5-21(20)15-24/h6-11,15,22-23,31H,2-5,12-14,16-18H2,1H3,(H,28,32)(H,29,33)/t22-,23+/m0/s1. The molecule has 0 radical (unpaired) electrons. The summed E-state index contributed by atoms with van der Waals surface area (Å²) >= 11 is 0. The first-order valence-corrected chi connectivity index (χ1v) is 12.2. The molecule has 0 unspecified atom stereocenters. The van der Waals surface area contributed by atoms with Crippen LogP contribution in [0.1, 0.15) is 36.0 Å². The van der Waals surface area contributed by atoms with E-state index in [4.69, 9.17) is 4.74 Å². The van der Waals surface area contributed by atoms with Crippen LogP contribution in [0.3, 0.4) is 0 Å². The number of phenolic OH excluding ortho intramolecular Hbond substituents is 1. The number of carbonyl (C=O) groups is 2. The zero-order valence-corrected chi connectivity index (χ0v) is 19.9. The highest BCUT2D eigenvalue weighted by molar-refractivity contribution is 5.93. The number of hydrogen-bond donors (Lipinski definition) is 3. The third kappa shape index (κ3) is 6.36. The molecule has 2 atom stereocenters. The summed E-state index contributed by atoms with van der Waals surface area (Å²) in [6.07, 6.45) is 4.63. The second-order valence-corrected chi connectivity index (χ2v) is 9.45. The molecule has 1 aliphatic heterocycles. The lowest BCUT2D eigenvalue weighted by Crippen LogP contribution is -2.49. The van der Waals surface area contributed by atoms with Crippen LogP contribution in [-0.2, 0) is 33.7 Å². The molecule has 1 aliphatic carbocycles. The maximum Gasteiger partial charge on any atom is 0.228 e. The Hall–Kier alpha value is -2.90. The van der Waals surface area contributed by atoms with Gasteiger partial charge in [-0.15, -0.1) is 0 Å². The van der Waals surface area contributed by atoms with Crippen molar-refractivity contribution in [1.29, 1.82) is 0 Å². The van der Waals surface area contributed by atoms with E-state index in [1.54, 1.807) is 19.2 Å². The van der Waals surface area contributed by atoms with E-state index in [0.29, 0.717) is 39.2 Å². The van der Waals surface area contributed by atoms with Gasteiger partial charge in [-0.05, 0) is 73.1 Å². The van der Waals surface area contributed by atoms with Crippen molar-refractivity contribution in [2.75, 3.05) is 38.7 Å². The number of benzene rings is 2. The summed E-state index contributed by atoms with van der Waals surface area (Å²) in [5, 5.41) is 15.7. The Morgan fingerprint density at radius 1 is 1.03 bits per heavy atom. The Kier molecular flexibility index (Phi) is 8.19. The van der Waals surface area contributed by atoms with Crippen molar-refractivity contribution >= 4 is 17.5 Å². The summed E-state index contributed by atoms with van der Waals surface area (Å²) in [6, 6.07) is 13.3. The van der Waals surface area contributed by atoms with E-state index in [-0.39, 0.29) is 29.4 Å². The number of nitrogens with one attached hydrogen (secondary N) is 2. The van der Waals surface area contributed by atoms with Gasteiger partial charge in [0.05, 0.1) is 11.8 Å². The quantitative estimate of drug-likeness (QED) is 0.495. The van der Waals surface area contributed by atoms with E-state index in [9.17, 15) is 14.7 Å². The molecule has 0 aromatic heterocycles. The SMILES string of the molecule is COCCCNC(=O)[C@H]1C[C@@H](C(=O)Nc2ccc3c(c2)CCC3)CN(Cc2ccc(O)cc2)C1. The van der Waals surface area contributed by atoms with Gasteiger partial charge in [0.2, 0.25) is 11.8 Å². The van der Waals surface area contributed by atoms with Gasteiger partial charge in [0, 0.05) is 45.6 Å². The zero-order chi connectivity index (χ0) is 23.9. The molecule has 0 saturated carbocycles. The van der Waals surface area contributed by atoms with Crippen LogP contribution in [-0.4, -0.2) is 55.2 Å². The van der Waals surface area contributed by atoms with Gasteiger partial charge < -0.3 is 20.5 Å².